The Labute approximate surface area is 183 Å². The Bertz CT molecular complexity index is 1020. The van der Waals surface area contributed by atoms with Crippen molar-refractivity contribution in [2.45, 2.75) is 64.5 Å². The third-order valence-electron chi connectivity index (χ3n) is 6.51. The SMILES string of the molecule is Cc1nn(-c2ccccc2)c(Cl)c1CN1CCc2nc(C3CCCCC3)ncc2C1. The number of hydrogen-bond donors (Lipinski definition) is 0. The molecule has 2 aromatic heterocycles. The third-order valence-corrected chi connectivity index (χ3v) is 6.89. The topological polar surface area (TPSA) is 46.8 Å². The zero-order valence-corrected chi connectivity index (χ0v) is 18.3. The van der Waals surface area contributed by atoms with Gasteiger partial charge >= 0.3 is 0 Å². The molecule has 6 heteroatoms. The molecular formula is C24H28ClN5. The molecule has 0 spiro atoms. The van der Waals surface area contributed by atoms with Crippen LogP contribution in [0, 0.1) is 6.92 Å². The summed E-state index contributed by atoms with van der Waals surface area (Å²) >= 11 is 6.74. The van der Waals surface area contributed by atoms with Crippen molar-refractivity contribution in [2.75, 3.05) is 6.54 Å². The number of aromatic nitrogens is 4. The zero-order chi connectivity index (χ0) is 20.5. The summed E-state index contributed by atoms with van der Waals surface area (Å²) in [7, 11) is 0. The van der Waals surface area contributed by atoms with Crippen LogP contribution in [0.5, 0.6) is 0 Å². The van der Waals surface area contributed by atoms with Gasteiger partial charge in [0, 0.05) is 55.0 Å². The highest BCUT2D eigenvalue weighted by molar-refractivity contribution is 6.30. The molecule has 0 bridgehead atoms. The summed E-state index contributed by atoms with van der Waals surface area (Å²) in [5.74, 6) is 1.64. The summed E-state index contributed by atoms with van der Waals surface area (Å²) in [6, 6.07) is 10.1. The lowest BCUT2D eigenvalue weighted by Gasteiger charge is -2.29. The second kappa shape index (κ2) is 8.48. The Morgan fingerprint density at radius 2 is 1.90 bits per heavy atom. The number of halogens is 1. The normalized spacial score (nSPS) is 17.8. The molecule has 2 aliphatic rings. The van der Waals surface area contributed by atoms with Gasteiger partial charge in [-0.3, -0.25) is 4.90 Å². The van der Waals surface area contributed by atoms with Crippen molar-refractivity contribution in [1.29, 1.82) is 0 Å². The van der Waals surface area contributed by atoms with Crippen molar-refractivity contribution in [3.8, 4) is 5.69 Å². The second-order valence-electron chi connectivity index (χ2n) is 8.60. The van der Waals surface area contributed by atoms with Crippen LogP contribution in [0.4, 0.5) is 0 Å². The average molecular weight is 422 g/mol. The highest BCUT2D eigenvalue weighted by Crippen LogP contribution is 2.32. The van der Waals surface area contributed by atoms with Crippen LogP contribution in [0.3, 0.4) is 0 Å². The van der Waals surface area contributed by atoms with Crippen LogP contribution in [-0.4, -0.2) is 31.2 Å². The highest BCUT2D eigenvalue weighted by atomic mass is 35.5. The smallest absolute Gasteiger partial charge is 0.137 e. The molecule has 1 aromatic carbocycles. The molecule has 1 saturated carbocycles. The quantitative estimate of drug-likeness (QED) is 0.578. The van der Waals surface area contributed by atoms with E-state index in [0.717, 1.165) is 48.8 Å². The lowest BCUT2D eigenvalue weighted by molar-refractivity contribution is 0.241. The van der Waals surface area contributed by atoms with Gasteiger partial charge in [0.25, 0.3) is 0 Å². The van der Waals surface area contributed by atoms with Crippen molar-refractivity contribution >= 4 is 11.6 Å². The van der Waals surface area contributed by atoms with Crippen LogP contribution in [-0.2, 0) is 19.5 Å². The molecule has 156 valence electrons. The number of rotatable bonds is 4. The molecule has 1 aliphatic carbocycles. The molecule has 0 unspecified atom stereocenters. The van der Waals surface area contributed by atoms with Crippen molar-refractivity contribution in [3.63, 3.8) is 0 Å². The Morgan fingerprint density at radius 1 is 1.10 bits per heavy atom. The lowest BCUT2D eigenvalue weighted by atomic mass is 9.88. The summed E-state index contributed by atoms with van der Waals surface area (Å²) in [5.41, 5.74) is 5.57. The monoisotopic (exact) mass is 421 g/mol. The summed E-state index contributed by atoms with van der Waals surface area (Å²) in [5, 5.41) is 5.39. The van der Waals surface area contributed by atoms with E-state index in [1.165, 1.54) is 43.4 Å². The van der Waals surface area contributed by atoms with E-state index in [4.69, 9.17) is 21.6 Å². The lowest BCUT2D eigenvalue weighted by Crippen LogP contribution is -2.31. The molecular weight excluding hydrogens is 394 g/mol. The number of fused-ring (bicyclic) bond motifs is 1. The van der Waals surface area contributed by atoms with Crippen molar-refractivity contribution in [3.05, 3.63) is 70.0 Å². The van der Waals surface area contributed by atoms with Crippen LogP contribution >= 0.6 is 11.6 Å². The van der Waals surface area contributed by atoms with E-state index in [1.807, 2.05) is 41.9 Å². The molecule has 1 fully saturated rings. The second-order valence-corrected chi connectivity index (χ2v) is 8.96. The molecule has 3 aromatic rings. The average Bonchev–Trinajstić information content (AvgIpc) is 3.08. The van der Waals surface area contributed by atoms with Crippen molar-refractivity contribution in [1.82, 2.24) is 24.6 Å². The molecule has 1 aliphatic heterocycles. The minimum absolute atomic E-state index is 0.562. The predicted molar refractivity (Wildman–Crippen MR) is 119 cm³/mol. The first kappa shape index (κ1) is 19.7. The summed E-state index contributed by atoms with van der Waals surface area (Å²) in [6.07, 6.45) is 9.52. The largest absolute Gasteiger partial charge is 0.294 e. The Hall–Kier alpha value is -2.24. The van der Waals surface area contributed by atoms with E-state index >= 15 is 0 Å². The molecule has 5 rings (SSSR count). The highest BCUT2D eigenvalue weighted by Gasteiger charge is 2.24. The summed E-state index contributed by atoms with van der Waals surface area (Å²) < 4.78 is 1.84. The molecule has 5 nitrogen and oxygen atoms in total. The van der Waals surface area contributed by atoms with Crippen molar-refractivity contribution < 1.29 is 0 Å². The van der Waals surface area contributed by atoms with Gasteiger partial charge in [-0.2, -0.15) is 5.10 Å². The Morgan fingerprint density at radius 3 is 2.70 bits per heavy atom. The molecule has 3 heterocycles. The minimum Gasteiger partial charge on any atom is -0.294 e. The molecule has 0 amide bonds. The third kappa shape index (κ3) is 3.88. The molecule has 0 saturated heterocycles. The molecule has 0 atom stereocenters. The fourth-order valence-electron chi connectivity index (χ4n) is 4.76. The number of benzene rings is 1. The fraction of sp³-hybridized carbons (Fsp3) is 0.458. The fourth-order valence-corrected chi connectivity index (χ4v) is 5.09. The van der Waals surface area contributed by atoms with E-state index in [1.54, 1.807) is 0 Å². The van der Waals surface area contributed by atoms with Crippen LogP contribution in [0.15, 0.2) is 36.5 Å². The van der Waals surface area contributed by atoms with E-state index in [9.17, 15) is 0 Å². The van der Waals surface area contributed by atoms with E-state index in [2.05, 4.69) is 16.2 Å². The van der Waals surface area contributed by atoms with Gasteiger partial charge in [-0.25, -0.2) is 14.6 Å². The first-order chi connectivity index (χ1) is 14.7. The first-order valence-electron chi connectivity index (χ1n) is 11.1. The van der Waals surface area contributed by atoms with Gasteiger partial charge in [-0.1, -0.05) is 49.1 Å². The minimum atomic E-state index is 0.562. The van der Waals surface area contributed by atoms with Gasteiger partial charge in [0.1, 0.15) is 11.0 Å². The Balaban J connectivity index is 1.32. The first-order valence-corrected chi connectivity index (χ1v) is 11.4. The van der Waals surface area contributed by atoms with Gasteiger partial charge in [0.05, 0.1) is 11.4 Å². The number of para-hydroxylation sites is 1. The van der Waals surface area contributed by atoms with Crippen LogP contribution in [0.25, 0.3) is 5.69 Å². The molecule has 30 heavy (non-hydrogen) atoms. The van der Waals surface area contributed by atoms with Crippen LogP contribution in [0.2, 0.25) is 5.15 Å². The van der Waals surface area contributed by atoms with Gasteiger partial charge in [0.15, 0.2) is 0 Å². The summed E-state index contributed by atoms with van der Waals surface area (Å²) in [4.78, 5) is 12.2. The number of aryl methyl sites for hydroxylation is 1. The number of nitrogens with zero attached hydrogens (tertiary/aromatic N) is 5. The van der Waals surface area contributed by atoms with Crippen LogP contribution < -0.4 is 0 Å². The van der Waals surface area contributed by atoms with E-state index < -0.39 is 0 Å². The van der Waals surface area contributed by atoms with Crippen molar-refractivity contribution in [2.24, 2.45) is 0 Å². The standard InChI is InChI=1S/C24H28ClN5/c1-17-21(23(25)30(28-17)20-10-6-3-7-11-20)16-29-13-12-22-19(15-29)14-26-24(27-22)18-8-4-2-5-9-18/h3,6-7,10-11,14,18H,2,4-5,8-9,12-13,15-16H2,1H3. The predicted octanol–water partition coefficient (Wildman–Crippen LogP) is 5.23. The molecule has 0 radical (unpaired) electrons. The maximum atomic E-state index is 6.74. The Kier molecular flexibility index (Phi) is 5.57. The maximum Gasteiger partial charge on any atom is 0.137 e. The summed E-state index contributed by atoms with van der Waals surface area (Å²) in [6.45, 7) is 4.69. The van der Waals surface area contributed by atoms with Gasteiger partial charge in [-0.15, -0.1) is 0 Å². The van der Waals surface area contributed by atoms with Gasteiger partial charge in [-0.05, 0) is 31.9 Å². The van der Waals surface area contributed by atoms with E-state index in [-0.39, 0.29) is 0 Å². The maximum absolute atomic E-state index is 6.74. The van der Waals surface area contributed by atoms with Gasteiger partial charge in [0.2, 0.25) is 0 Å². The van der Waals surface area contributed by atoms with Crippen LogP contribution in [0.1, 0.15) is 66.4 Å². The zero-order valence-electron chi connectivity index (χ0n) is 17.5. The van der Waals surface area contributed by atoms with Gasteiger partial charge < -0.3 is 0 Å². The molecule has 0 N–H and O–H groups in total. The number of hydrogen-bond acceptors (Lipinski definition) is 4. The van der Waals surface area contributed by atoms with E-state index in [0.29, 0.717) is 11.1 Å².